The molecule has 0 aliphatic carbocycles. The van der Waals surface area contributed by atoms with E-state index >= 15 is 0 Å². The van der Waals surface area contributed by atoms with Gasteiger partial charge in [0.25, 0.3) is 0 Å². The summed E-state index contributed by atoms with van der Waals surface area (Å²) in [6.07, 6.45) is 0.849. The number of aromatic nitrogens is 2. The molecule has 0 N–H and O–H groups in total. The van der Waals surface area contributed by atoms with Crippen molar-refractivity contribution in [1.82, 2.24) is 19.9 Å². The van der Waals surface area contributed by atoms with Crippen LogP contribution >= 0.6 is 0 Å². The predicted molar refractivity (Wildman–Crippen MR) is 94.8 cm³/mol. The summed E-state index contributed by atoms with van der Waals surface area (Å²) < 4.78 is 10.8. The minimum atomic E-state index is 0.220. The van der Waals surface area contributed by atoms with Crippen molar-refractivity contribution in [1.29, 1.82) is 0 Å². The summed E-state index contributed by atoms with van der Waals surface area (Å²) in [4.78, 5) is 9.45. The number of hydrogen-bond donors (Lipinski definition) is 0. The van der Waals surface area contributed by atoms with E-state index in [1.54, 1.807) is 0 Å². The summed E-state index contributed by atoms with van der Waals surface area (Å²) in [5, 5.41) is 4.15. The van der Waals surface area contributed by atoms with E-state index in [-0.39, 0.29) is 5.41 Å². The largest absolute Gasteiger partial charge is 0.379 e. The molecule has 0 spiro atoms. The lowest BCUT2D eigenvalue weighted by Crippen LogP contribution is -2.46. The van der Waals surface area contributed by atoms with Gasteiger partial charge in [-0.1, -0.05) is 39.8 Å². The van der Waals surface area contributed by atoms with E-state index in [4.69, 9.17) is 9.26 Å². The maximum atomic E-state index is 5.45. The summed E-state index contributed by atoms with van der Waals surface area (Å²) in [6.45, 7) is 18.9. The number of rotatable bonds is 9. The second-order valence-corrected chi connectivity index (χ2v) is 8.06. The molecule has 2 heterocycles. The van der Waals surface area contributed by atoms with Gasteiger partial charge in [0.15, 0.2) is 5.82 Å². The number of ether oxygens (including phenoxy) is 1. The topological polar surface area (TPSA) is 54.6 Å². The van der Waals surface area contributed by atoms with Crippen LogP contribution < -0.4 is 0 Å². The Labute approximate surface area is 146 Å². The number of nitrogens with zero attached hydrogens (tertiary/aromatic N) is 4. The zero-order chi connectivity index (χ0) is 17.6. The van der Waals surface area contributed by atoms with E-state index < -0.39 is 0 Å². The maximum absolute atomic E-state index is 5.45. The lowest BCUT2D eigenvalue weighted by molar-refractivity contribution is 0.0146. The minimum absolute atomic E-state index is 0.220. The molecule has 1 aromatic rings. The molecule has 24 heavy (non-hydrogen) atoms. The summed E-state index contributed by atoms with van der Waals surface area (Å²) >= 11 is 0. The summed E-state index contributed by atoms with van der Waals surface area (Å²) in [6, 6.07) is 0. The molecule has 1 aromatic heterocycles. The summed E-state index contributed by atoms with van der Waals surface area (Å²) in [5.41, 5.74) is 0.220. The third kappa shape index (κ3) is 6.49. The van der Waals surface area contributed by atoms with E-state index in [0.29, 0.717) is 5.92 Å². The van der Waals surface area contributed by atoms with Crippen LogP contribution in [0.3, 0.4) is 0 Å². The molecule has 6 heteroatoms. The third-order valence-electron chi connectivity index (χ3n) is 4.31. The van der Waals surface area contributed by atoms with Gasteiger partial charge in [0.05, 0.1) is 19.8 Å². The van der Waals surface area contributed by atoms with Crippen molar-refractivity contribution in [2.45, 2.75) is 47.6 Å². The van der Waals surface area contributed by atoms with Crippen LogP contribution in [0.1, 0.15) is 46.3 Å². The Hall–Kier alpha value is -0.980. The quantitative estimate of drug-likeness (QED) is 0.689. The zero-order valence-corrected chi connectivity index (χ0v) is 16.0. The predicted octanol–water partition coefficient (Wildman–Crippen LogP) is 2.45. The molecule has 1 saturated heterocycles. The molecule has 1 aliphatic heterocycles. The highest BCUT2D eigenvalue weighted by atomic mass is 16.5. The van der Waals surface area contributed by atoms with Crippen LogP contribution in [0.15, 0.2) is 4.52 Å². The molecule has 1 aliphatic rings. The second kappa shape index (κ2) is 8.92. The fourth-order valence-electron chi connectivity index (χ4n) is 3.29. The average Bonchev–Trinajstić information content (AvgIpc) is 2.93. The van der Waals surface area contributed by atoms with Gasteiger partial charge in [0.1, 0.15) is 0 Å². The fraction of sp³-hybridized carbons (Fsp3) is 0.889. The normalized spacial score (nSPS) is 17.1. The molecule has 0 amide bonds. The van der Waals surface area contributed by atoms with Crippen molar-refractivity contribution >= 4 is 0 Å². The molecule has 0 radical (unpaired) electrons. The van der Waals surface area contributed by atoms with Crippen LogP contribution in [-0.2, 0) is 17.7 Å². The van der Waals surface area contributed by atoms with Crippen LogP contribution in [0.25, 0.3) is 0 Å². The van der Waals surface area contributed by atoms with Crippen LogP contribution in [-0.4, -0.2) is 65.9 Å². The smallest absolute Gasteiger partial charge is 0.226 e. The molecule has 0 unspecified atom stereocenters. The lowest BCUT2D eigenvalue weighted by Gasteiger charge is -2.37. The van der Waals surface area contributed by atoms with E-state index in [1.165, 1.54) is 0 Å². The molecule has 1 fully saturated rings. The van der Waals surface area contributed by atoms with Gasteiger partial charge in [0.2, 0.25) is 5.89 Å². The first-order chi connectivity index (χ1) is 11.4. The van der Waals surface area contributed by atoms with Gasteiger partial charge >= 0.3 is 0 Å². The first-order valence-corrected chi connectivity index (χ1v) is 9.22. The zero-order valence-electron chi connectivity index (χ0n) is 16.0. The van der Waals surface area contributed by atoms with Gasteiger partial charge in [0, 0.05) is 32.6 Å². The molecule has 6 nitrogen and oxygen atoms in total. The van der Waals surface area contributed by atoms with E-state index in [1.807, 2.05) is 0 Å². The van der Waals surface area contributed by atoms with Crippen LogP contribution in [0.5, 0.6) is 0 Å². The Morgan fingerprint density at radius 3 is 2.58 bits per heavy atom. The van der Waals surface area contributed by atoms with Crippen molar-refractivity contribution in [3.8, 4) is 0 Å². The first kappa shape index (κ1) is 19.3. The van der Waals surface area contributed by atoms with Crippen molar-refractivity contribution in [2.24, 2.45) is 11.3 Å². The molecular formula is C18H34N4O2. The van der Waals surface area contributed by atoms with Gasteiger partial charge in [-0.2, -0.15) is 4.98 Å². The fourth-order valence-corrected chi connectivity index (χ4v) is 3.29. The average molecular weight is 338 g/mol. The highest BCUT2D eigenvalue weighted by Crippen LogP contribution is 2.20. The standard InChI is InChI=1S/C18H34N4O2/c1-6-21(12-16-19-17(24-20-16)11-15(2)3)13-18(4,5)14-22-7-9-23-10-8-22/h15H,6-14H2,1-5H3. The maximum Gasteiger partial charge on any atom is 0.226 e. The SMILES string of the molecule is CCN(Cc1noc(CC(C)C)n1)CC(C)(C)CN1CCOCC1. The number of hydrogen-bond acceptors (Lipinski definition) is 6. The van der Waals surface area contributed by atoms with Crippen LogP contribution in [0.4, 0.5) is 0 Å². The third-order valence-corrected chi connectivity index (χ3v) is 4.31. The number of morpholine rings is 1. The molecule has 0 saturated carbocycles. The lowest BCUT2D eigenvalue weighted by atomic mass is 9.91. The Bertz CT molecular complexity index is 481. The van der Waals surface area contributed by atoms with E-state index in [9.17, 15) is 0 Å². The van der Waals surface area contributed by atoms with Crippen LogP contribution in [0.2, 0.25) is 0 Å². The van der Waals surface area contributed by atoms with Crippen molar-refractivity contribution in [2.75, 3.05) is 45.9 Å². The molecule has 0 bridgehead atoms. The van der Waals surface area contributed by atoms with Crippen molar-refractivity contribution in [3.05, 3.63) is 11.7 Å². The highest BCUT2D eigenvalue weighted by molar-refractivity contribution is 4.88. The van der Waals surface area contributed by atoms with Crippen molar-refractivity contribution < 1.29 is 9.26 Å². The highest BCUT2D eigenvalue weighted by Gasteiger charge is 2.26. The summed E-state index contributed by atoms with van der Waals surface area (Å²) in [5.74, 6) is 2.09. The molecule has 138 valence electrons. The Morgan fingerprint density at radius 2 is 1.96 bits per heavy atom. The van der Waals surface area contributed by atoms with Gasteiger partial charge in [-0.05, 0) is 17.9 Å². The summed E-state index contributed by atoms with van der Waals surface area (Å²) in [7, 11) is 0. The van der Waals surface area contributed by atoms with E-state index in [2.05, 4.69) is 54.6 Å². The monoisotopic (exact) mass is 338 g/mol. The molecule has 0 atom stereocenters. The van der Waals surface area contributed by atoms with Gasteiger partial charge in [-0.15, -0.1) is 0 Å². The molecule has 2 rings (SSSR count). The second-order valence-electron chi connectivity index (χ2n) is 8.06. The molecule has 0 aromatic carbocycles. The van der Waals surface area contributed by atoms with Gasteiger partial charge < -0.3 is 9.26 Å². The Balaban J connectivity index is 1.86. The van der Waals surface area contributed by atoms with E-state index in [0.717, 1.165) is 70.6 Å². The first-order valence-electron chi connectivity index (χ1n) is 9.22. The van der Waals surface area contributed by atoms with Crippen molar-refractivity contribution in [3.63, 3.8) is 0 Å². The molecular weight excluding hydrogens is 304 g/mol. The van der Waals surface area contributed by atoms with Gasteiger partial charge in [-0.25, -0.2) is 0 Å². The Morgan fingerprint density at radius 1 is 1.25 bits per heavy atom. The Kier molecular flexibility index (Phi) is 7.19. The van der Waals surface area contributed by atoms with Gasteiger partial charge in [-0.3, -0.25) is 9.80 Å². The van der Waals surface area contributed by atoms with Crippen LogP contribution in [0, 0.1) is 11.3 Å². The minimum Gasteiger partial charge on any atom is -0.379 e.